The monoisotopic (exact) mass is 400 g/mol. The minimum Gasteiger partial charge on any atom is -0.308 e. The Labute approximate surface area is 165 Å². The average molecular weight is 401 g/mol. The molecule has 26 heavy (non-hydrogen) atoms. The van der Waals surface area contributed by atoms with Gasteiger partial charge in [0.25, 0.3) is 11.8 Å². The van der Waals surface area contributed by atoms with Gasteiger partial charge in [-0.15, -0.1) is 0 Å². The van der Waals surface area contributed by atoms with Crippen LogP contribution >= 0.6 is 35.6 Å². The molecule has 0 radical (unpaired) electrons. The molecule has 1 saturated heterocycles. The van der Waals surface area contributed by atoms with Crippen LogP contribution in [0.3, 0.4) is 0 Å². The summed E-state index contributed by atoms with van der Waals surface area (Å²) in [5, 5.41) is 0.517. The molecule has 0 bridgehead atoms. The van der Waals surface area contributed by atoms with E-state index in [1.807, 2.05) is 31.2 Å². The van der Waals surface area contributed by atoms with Gasteiger partial charge in [0.15, 0.2) is 4.32 Å². The van der Waals surface area contributed by atoms with Crippen LogP contribution in [0.15, 0.2) is 53.4 Å². The average Bonchev–Trinajstić information content (AvgIpc) is 3.07. The van der Waals surface area contributed by atoms with Crippen LogP contribution < -0.4 is 9.80 Å². The first-order valence-corrected chi connectivity index (χ1v) is 9.60. The van der Waals surface area contributed by atoms with Crippen molar-refractivity contribution < 1.29 is 9.59 Å². The largest absolute Gasteiger partial charge is 0.308 e. The molecule has 0 atom stereocenters. The molecule has 0 saturated carbocycles. The summed E-state index contributed by atoms with van der Waals surface area (Å²) in [6, 6.07) is 14.5. The lowest BCUT2D eigenvalue weighted by Crippen LogP contribution is -2.29. The number of halogens is 1. The molecule has 0 unspecified atom stereocenters. The van der Waals surface area contributed by atoms with Crippen molar-refractivity contribution in [3.8, 4) is 0 Å². The molecule has 2 aromatic carbocycles. The maximum atomic E-state index is 13.1. The number of rotatable bonds is 2. The Hall–Kier alpha value is -2.15. The lowest BCUT2D eigenvalue weighted by atomic mass is 10.1. The van der Waals surface area contributed by atoms with Crippen molar-refractivity contribution >= 4 is 68.7 Å². The van der Waals surface area contributed by atoms with Crippen molar-refractivity contribution in [3.05, 3.63) is 64.0 Å². The zero-order valence-electron chi connectivity index (χ0n) is 13.7. The van der Waals surface area contributed by atoms with Crippen molar-refractivity contribution in [2.75, 3.05) is 16.3 Å². The number of carbonyl (C=O) groups excluding carboxylic acids is 2. The molecule has 130 valence electrons. The summed E-state index contributed by atoms with van der Waals surface area (Å²) in [6.45, 7) is 2.45. The van der Waals surface area contributed by atoms with Gasteiger partial charge in [-0.2, -0.15) is 0 Å². The molecule has 4 rings (SSSR count). The van der Waals surface area contributed by atoms with Crippen molar-refractivity contribution in [2.24, 2.45) is 0 Å². The third kappa shape index (κ3) is 2.57. The van der Waals surface area contributed by atoms with Gasteiger partial charge in [0, 0.05) is 17.1 Å². The highest BCUT2D eigenvalue weighted by Crippen LogP contribution is 2.45. The van der Waals surface area contributed by atoms with Crippen LogP contribution in [0, 0.1) is 0 Å². The predicted molar refractivity (Wildman–Crippen MR) is 111 cm³/mol. The number of anilines is 2. The van der Waals surface area contributed by atoms with E-state index < -0.39 is 0 Å². The molecule has 0 spiro atoms. The fourth-order valence-electron chi connectivity index (χ4n) is 3.17. The first kappa shape index (κ1) is 17.3. The minimum atomic E-state index is -0.293. The predicted octanol–water partition coefficient (Wildman–Crippen LogP) is 4.48. The Morgan fingerprint density at radius 2 is 1.85 bits per heavy atom. The van der Waals surface area contributed by atoms with E-state index in [1.165, 1.54) is 4.90 Å². The summed E-state index contributed by atoms with van der Waals surface area (Å²) >= 11 is 12.6. The molecule has 2 amide bonds. The van der Waals surface area contributed by atoms with Crippen LogP contribution in [0.2, 0.25) is 5.02 Å². The van der Waals surface area contributed by atoms with Gasteiger partial charge in [-0.25, -0.2) is 0 Å². The molecule has 0 aliphatic carbocycles. The summed E-state index contributed by atoms with van der Waals surface area (Å²) in [5.41, 5.74) is 2.61. The summed E-state index contributed by atoms with van der Waals surface area (Å²) in [4.78, 5) is 29.5. The number of nitrogens with zero attached hydrogens (tertiary/aromatic N) is 2. The van der Waals surface area contributed by atoms with Crippen LogP contribution in [0.4, 0.5) is 11.4 Å². The van der Waals surface area contributed by atoms with Gasteiger partial charge in [-0.1, -0.05) is 59.8 Å². The van der Waals surface area contributed by atoms with Crippen molar-refractivity contribution in [2.45, 2.75) is 6.92 Å². The molecule has 7 heteroatoms. The minimum absolute atomic E-state index is 0.166. The summed E-state index contributed by atoms with van der Waals surface area (Å²) in [7, 11) is 0. The highest BCUT2D eigenvalue weighted by atomic mass is 35.5. The number of thioether (sulfide) groups is 1. The Balaban J connectivity index is 1.85. The van der Waals surface area contributed by atoms with E-state index >= 15 is 0 Å². The lowest BCUT2D eigenvalue weighted by Gasteiger charge is -2.15. The molecule has 0 N–H and O–H groups in total. The number of hydrogen-bond acceptors (Lipinski definition) is 4. The van der Waals surface area contributed by atoms with Crippen LogP contribution in [-0.2, 0) is 9.59 Å². The smallest absolute Gasteiger partial charge is 0.271 e. The zero-order chi connectivity index (χ0) is 18.4. The number of thiocarbonyl (C=S) groups is 1. The number of benzene rings is 2. The summed E-state index contributed by atoms with van der Waals surface area (Å²) in [6.07, 6.45) is 0. The first-order chi connectivity index (χ1) is 12.5. The number of likely N-dealkylation sites (N-methyl/N-ethyl adjacent to an activating group) is 1. The molecule has 0 aromatic heterocycles. The molecular weight excluding hydrogens is 388 g/mol. The standard InChI is InChI=1S/C19H13ClN2O2S2/c1-2-21-14-9-4-3-8-13(14)15(17(21)23)16-18(24)22(19(25)26-16)12-7-5-6-11(20)10-12/h3-10H,2H2,1H3/b16-15-. The SMILES string of the molecule is CCN1C(=O)/C(=C2\SC(=S)N(c3cccc(Cl)c3)C2=O)c2ccccc21. The molecule has 2 heterocycles. The van der Waals surface area contributed by atoms with Gasteiger partial charge in [-0.05, 0) is 31.2 Å². The molecule has 1 fully saturated rings. The van der Waals surface area contributed by atoms with Gasteiger partial charge in [0.05, 0.1) is 21.9 Å². The first-order valence-electron chi connectivity index (χ1n) is 8.00. The Morgan fingerprint density at radius 1 is 1.08 bits per heavy atom. The van der Waals surface area contributed by atoms with E-state index in [2.05, 4.69) is 0 Å². The molecule has 2 aromatic rings. The van der Waals surface area contributed by atoms with Gasteiger partial charge in [0.1, 0.15) is 0 Å². The van der Waals surface area contributed by atoms with Gasteiger partial charge in [0.2, 0.25) is 0 Å². The van der Waals surface area contributed by atoms with Gasteiger partial charge in [-0.3, -0.25) is 14.5 Å². The van der Waals surface area contributed by atoms with E-state index in [-0.39, 0.29) is 11.8 Å². The normalized spacial score (nSPS) is 19.5. The third-order valence-corrected chi connectivity index (χ3v) is 5.91. The van der Waals surface area contributed by atoms with Crippen LogP contribution in [0.25, 0.3) is 5.57 Å². The van der Waals surface area contributed by atoms with Gasteiger partial charge >= 0.3 is 0 Å². The number of fused-ring (bicyclic) bond motifs is 1. The van der Waals surface area contributed by atoms with Crippen LogP contribution in [0.5, 0.6) is 0 Å². The van der Waals surface area contributed by atoms with E-state index in [1.54, 1.807) is 29.2 Å². The zero-order valence-corrected chi connectivity index (χ0v) is 16.1. The van der Waals surface area contributed by atoms with Crippen molar-refractivity contribution in [1.82, 2.24) is 0 Å². The fourth-order valence-corrected chi connectivity index (χ4v) is 4.73. The second-order valence-electron chi connectivity index (χ2n) is 5.76. The summed E-state index contributed by atoms with van der Waals surface area (Å²) < 4.78 is 0.389. The highest BCUT2D eigenvalue weighted by molar-refractivity contribution is 8.27. The Kier molecular flexibility index (Phi) is 4.34. The third-order valence-electron chi connectivity index (χ3n) is 4.30. The van der Waals surface area contributed by atoms with Crippen LogP contribution in [0.1, 0.15) is 12.5 Å². The van der Waals surface area contributed by atoms with Crippen molar-refractivity contribution in [3.63, 3.8) is 0 Å². The van der Waals surface area contributed by atoms with Crippen LogP contribution in [-0.4, -0.2) is 22.7 Å². The Morgan fingerprint density at radius 3 is 2.58 bits per heavy atom. The fraction of sp³-hybridized carbons (Fsp3) is 0.105. The van der Waals surface area contributed by atoms with E-state index in [9.17, 15) is 9.59 Å². The maximum Gasteiger partial charge on any atom is 0.271 e. The molecule has 2 aliphatic heterocycles. The summed E-state index contributed by atoms with van der Waals surface area (Å²) in [5.74, 6) is -0.460. The lowest BCUT2D eigenvalue weighted by molar-refractivity contribution is -0.115. The number of hydrogen-bond donors (Lipinski definition) is 0. The quantitative estimate of drug-likeness (QED) is 0.550. The maximum absolute atomic E-state index is 13.1. The second kappa shape index (κ2) is 6.54. The molecule has 4 nitrogen and oxygen atoms in total. The highest BCUT2D eigenvalue weighted by Gasteiger charge is 2.42. The molecule has 2 aliphatic rings. The van der Waals surface area contributed by atoms with E-state index in [0.717, 1.165) is 23.0 Å². The Bertz CT molecular complexity index is 1000. The number of carbonyl (C=O) groups is 2. The second-order valence-corrected chi connectivity index (χ2v) is 7.84. The van der Waals surface area contributed by atoms with Crippen molar-refractivity contribution in [1.29, 1.82) is 0 Å². The van der Waals surface area contributed by atoms with E-state index in [0.29, 0.717) is 32.1 Å². The topological polar surface area (TPSA) is 40.6 Å². The number of amides is 2. The number of para-hydroxylation sites is 1. The van der Waals surface area contributed by atoms with Gasteiger partial charge < -0.3 is 4.90 Å². The van der Waals surface area contributed by atoms with E-state index in [4.69, 9.17) is 23.8 Å². The molecular formula is C19H13ClN2O2S2.